The molecule has 31 heavy (non-hydrogen) atoms. The van der Waals surface area contributed by atoms with E-state index in [1.54, 1.807) is 6.07 Å². The van der Waals surface area contributed by atoms with E-state index in [0.29, 0.717) is 3.63 Å². The van der Waals surface area contributed by atoms with E-state index in [9.17, 15) is 4.39 Å². The summed E-state index contributed by atoms with van der Waals surface area (Å²) in [5, 5.41) is 0. The Balaban J connectivity index is 2.03. The molecule has 0 nitrogen and oxygen atoms in total. The SMILES string of the molecule is CC1=C(C)[CH]([Zr]([CH]2C(C)=C(c3ccccc3)c3cc(F)cc(F)c32)=[Si](C)C)C(C)=C1C. The molecule has 0 radical (unpaired) electrons. The molecule has 160 valence electrons. The summed E-state index contributed by atoms with van der Waals surface area (Å²) < 4.78 is 30.5. The Bertz CT molecular complexity index is 1190. The van der Waals surface area contributed by atoms with Crippen molar-refractivity contribution in [3.63, 3.8) is 0 Å². The Morgan fingerprint density at radius 1 is 0.774 bits per heavy atom. The van der Waals surface area contributed by atoms with Crippen LogP contribution in [0.3, 0.4) is 0 Å². The summed E-state index contributed by atoms with van der Waals surface area (Å²) >= 11 is -2.31. The van der Waals surface area contributed by atoms with Crippen molar-refractivity contribution in [3.05, 3.63) is 98.7 Å². The van der Waals surface area contributed by atoms with E-state index >= 15 is 4.39 Å². The Morgan fingerprint density at radius 3 is 1.90 bits per heavy atom. The summed E-state index contributed by atoms with van der Waals surface area (Å²) in [7, 11) is 0. The molecule has 0 saturated heterocycles. The average Bonchev–Trinajstić information content (AvgIpc) is 3.10. The van der Waals surface area contributed by atoms with Crippen molar-refractivity contribution in [1.29, 1.82) is 0 Å². The fourth-order valence-electron chi connectivity index (χ4n) is 5.59. The van der Waals surface area contributed by atoms with Crippen LogP contribution in [0.2, 0.25) is 16.7 Å². The van der Waals surface area contributed by atoms with Gasteiger partial charge in [-0.2, -0.15) is 0 Å². The van der Waals surface area contributed by atoms with Gasteiger partial charge in [-0.1, -0.05) is 0 Å². The predicted molar refractivity (Wildman–Crippen MR) is 125 cm³/mol. The third-order valence-corrected chi connectivity index (χ3v) is 27.4. The van der Waals surface area contributed by atoms with Crippen LogP contribution < -0.4 is 0 Å². The van der Waals surface area contributed by atoms with E-state index in [4.69, 9.17) is 0 Å². The molecule has 2 aromatic rings. The maximum atomic E-state index is 15.5. The van der Waals surface area contributed by atoms with E-state index in [-0.39, 0.29) is 9.44 Å². The number of fused-ring (bicyclic) bond motifs is 1. The Labute approximate surface area is 193 Å². The van der Waals surface area contributed by atoms with Crippen molar-refractivity contribution in [2.45, 2.75) is 55.0 Å². The second-order valence-corrected chi connectivity index (χ2v) is 27.1. The second-order valence-electron chi connectivity index (χ2n) is 9.21. The van der Waals surface area contributed by atoms with Gasteiger partial charge in [0.05, 0.1) is 0 Å². The molecule has 0 spiro atoms. The zero-order valence-corrected chi connectivity index (χ0v) is 22.9. The number of hydrogen-bond acceptors (Lipinski definition) is 0. The van der Waals surface area contributed by atoms with Gasteiger partial charge in [0.1, 0.15) is 0 Å². The summed E-state index contributed by atoms with van der Waals surface area (Å²) in [6.45, 7) is 16.1. The van der Waals surface area contributed by atoms with Crippen molar-refractivity contribution in [1.82, 2.24) is 0 Å². The summed E-state index contributed by atoms with van der Waals surface area (Å²) in [6, 6.07) is 12.8. The van der Waals surface area contributed by atoms with E-state index in [2.05, 4.69) is 59.8 Å². The van der Waals surface area contributed by atoms with E-state index in [1.165, 1.54) is 27.9 Å². The van der Waals surface area contributed by atoms with Crippen LogP contribution >= 0.6 is 0 Å². The van der Waals surface area contributed by atoms with Gasteiger partial charge in [-0.25, -0.2) is 0 Å². The molecule has 2 aromatic carbocycles. The van der Waals surface area contributed by atoms with Gasteiger partial charge in [0.2, 0.25) is 0 Å². The van der Waals surface area contributed by atoms with E-state index in [1.807, 2.05) is 18.2 Å². The van der Waals surface area contributed by atoms with E-state index < -0.39 is 31.6 Å². The van der Waals surface area contributed by atoms with Crippen molar-refractivity contribution in [2.24, 2.45) is 0 Å². The molecule has 0 bridgehead atoms. The van der Waals surface area contributed by atoms with Gasteiger partial charge in [0.15, 0.2) is 0 Å². The first-order valence-electron chi connectivity index (χ1n) is 10.9. The Hall–Kier alpha value is -1.38. The van der Waals surface area contributed by atoms with E-state index in [0.717, 1.165) is 28.3 Å². The van der Waals surface area contributed by atoms with Crippen molar-refractivity contribution in [2.75, 3.05) is 0 Å². The zero-order valence-electron chi connectivity index (χ0n) is 19.5. The van der Waals surface area contributed by atoms with Crippen LogP contribution in [-0.4, -0.2) is 5.43 Å². The molecule has 0 aromatic heterocycles. The normalized spacial score (nSPS) is 18.9. The van der Waals surface area contributed by atoms with Crippen LogP contribution in [0, 0.1) is 11.6 Å². The Kier molecular flexibility index (Phi) is 6.27. The van der Waals surface area contributed by atoms with Crippen LogP contribution in [0.4, 0.5) is 8.78 Å². The fourth-order valence-corrected chi connectivity index (χ4v) is 27.1. The third-order valence-electron chi connectivity index (χ3n) is 7.35. The number of allylic oxidation sites excluding steroid dienone is 5. The molecule has 1 atom stereocenters. The molecule has 2 aliphatic carbocycles. The molecule has 4 heteroatoms. The topological polar surface area (TPSA) is 0 Å². The van der Waals surface area contributed by atoms with Crippen LogP contribution in [-0.2, 0) is 20.4 Å². The molecule has 2 aliphatic rings. The number of halogens is 2. The average molecular weight is 512 g/mol. The summed E-state index contributed by atoms with van der Waals surface area (Å²) in [4.78, 5) is 0. The molecule has 0 amide bonds. The van der Waals surface area contributed by atoms with Crippen LogP contribution in [0.5, 0.6) is 0 Å². The van der Waals surface area contributed by atoms with Gasteiger partial charge in [-0.15, -0.1) is 0 Å². The zero-order chi connectivity index (χ0) is 22.6. The third kappa shape index (κ3) is 3.64. The van der Waals surface area contributed by atoms with Gasteiger partial charge in [0.25, 0.3) is 0 Å². The first-order valence-corrected chi connectivity index (χ1v) is 20.0. The molecule has 0 aliphatic heterocycles. The molecule has 0 saturated carbocycles. The summed E-state index contributed by atoms with van der Waals surface area (Å²) in [6.07, 6.45) is 0. The van der Waals surface area contributed by atoms with Crippen molar-refractivity contribution < 1.29 is 29.1 Å². The molecule has 1 unspecified atom stereocenters. The molecular formula is C27H30F2SiZr. The monoisotopic (exact) mass is 510 g/mol. The molecule has 4 rings (SSSR count). The fraction of sp³-hybridized carbons (Fsp3) is 0.333. The summed E-state index contributed by atoms with van der Waals surface area (Å²) in [5.74, 6) is -0.845. The van der Waals surface area contributed by atoms with Gasteiger partial charge >= 0.3 is 194 Å². The second kappa shape index (κ2) is 8.52. The maximum absolute atomic E-state index is 15.5. The molecule has 0 heterocycles. The molecule has 0 fully saturated rings. The van der Waals surface area contributed by atoms with Crippen LogP contribution in [0.15, 0.2) is 70.3 Å². The van der Waals surface area contributed by atoms with Crippen LogP contribution in [0.1, 0.15) is 54.9 Å². The molecular weight excluding hydrogens is 482 g/mol. The van der Waals surface area contributed by atoms with Crippen molar-refractivity contribution in [3.8, 4) is 0 Å². The summed E-state index contributed by atoms with van der Waals surface area (Å²) in [5.41, 5.74) is 10.2. The minimum atomic E-state index is -2.31. The van der Waals surface area contributed by atoms with Gasteiger partial charge < -0.3 is 0 Å². The van der Waals surface area contributed by atoms with Crippen LogP contribution in [0.25, 0.3) is 5.57 Å². The number of rotatable bonds is 3. The van der Waals surface area contributed by atoms with Crippen molar-refractivity contribution >= 4 is 11.0 Å². The van der Waals surface area contributed by atoms with Gasteiger partial charge in [-0.05, 0) is 0 Å². The Morgan fingerprint density at radius 2 is 1.35 bits per heavy atom. The van der Waals surface area contributed by atoms with Gasteiger partial charge in [0, 0.05) is 0 Å². The minimum absolute atomic E-state index is 0.158. The quantitative estimate of drug-likeness (QED) is 0.364. The van der Waals surface area contributed by atoms with Gasteiger partial charge in [-0.3, -0.25) is 0 Å². The first kappa shape index (κ1) is 22.8. The standard InChI is InChI=1S/C16H11F2.C9H13.C2H6Si.Zr/c1-10-7-13-14(8-12(17)9-15(13)18)16(10)11-5-3-2-4-6-11;1-6-5-7(2)9(4)8(6)3;1-3-2;/h2-9H,1H3;5H,1-4H3;1-2H3;. The first-order chi connectivity index (χ1) is 14.6. The molecule has 0 N–H and O–H groups in total. The number of hydrogen-bond donors (Lipinski definition) is 0. The number of benzene rings is 2. The predicted octanol–water partition coefficient (Wildman–Crippen LogP) is 8.19.